The van der Waals surface area contributed by atoms with Crippen LogP contribution in [0.1, 0.15) is 22.7 Å². The van der Waals surface area contributed by atoms with Crippen LogP contribution in [0.4, 0.5) is 17.6 Å². The van der Waals surface area contributed by atoms with E-state index < -0.39 is 0 Å². The second-order valence-corrected chi connectivity index (χ2v) is 8.48. The third kappa shape index (κ3) is 3.38. The molecule has 140 valence electrons. The van der Waals surface area contributed by atoms with E-state index in [1.807, 2.05) is 30.3 Å². The molecule has 3 aromatic heterocycles. The number of rotatable bonds is 5. The molecule has 5 rings (SSSR count). The number of hydrogen-bond donors (Lipinski definition) is 2. The predicted octanol–water partition coefficient (Wildman–Crippen LogP) is 3.98. The first-order chi connectivity index (χ1) is 13.8. The third-order valence-corrected chi connectivity index (χ3v) is 6.72. The SMILES string of the molecule is Nc1nc(CSc2ncnc3sc4c(c23)CCC4)nc(Nc2ccccc2)n1. The van der Waals surface area contributed by atoms with E-state index in [9.17, 15) is 0 Å². The van der Waals surface area contributed by atoms with Crippen LogP contribution in [-0.2, 0) is 18.6 Å². The van der Waals surface area contributed by atoms with Gasteiger partial charge in [0, 0.05) is 16.0 Å². The number of benzene rings is 1. The molecule has 0 fully saturated rings. The van der Waals surface area contributed by atoms with Gasteiger partial charge in [-0.3, -0.25) is 0 Å². The molecule has 4 aromatic rings. The van der Waals surface area contributed by atoms with Gasteiger partial charge in [0.1, 0.15) is 22.0 Å². The number of anilines is 3. The maximum absolute atomic E-state index is 5.89. The normalized spacial score (nSPS) is 13.0. The maximum atomic E-state index is 5.89. The highest BCUT2D eigenvalue weighted by atomic mass is 32.2. The van der Waals surface area contributed by atoms with Crippen molar-refractivity contribution in [2.24, 2.45) is 0 Å². The van der Waals surface area contributed by atoms with Crippen LogP contribution in [0.15, 0.2) is 41.7 Å². The number of hydrogen-bond acceptors (Lipinski definition) is 9. The van der Waals surface area contributed by atoms with Gasteiger partial charge in [-0.25, -0.2) is 9.97 Å². The van der Waals surface area contributed by atoms with Gasteiger partial charge in [-0.05, 0) is 37.0 Å². The van der Waals surface area contributed by atoms with E-state index >= 15 is 0 Å². The van der Waals surface area contributed by atoms with Crippen LogP contribution < -0.4 is 11.1 Å². The molecule has 3 heterocycles. The molecule has 9 heteroatoms. The number of aryl methyl sites for hydroxylation is 2. The van der Waals surface area contributed by atoms with Gasteiger partial charge in [-0.2, -0.15) is 15.0 Å². The van der Waals surface area contributed by atoms with Crippen LogP contribution in [0.3, 0.4) is 0 Å². The zero-order valence-electron chi connectivity index (χ0n) is 14.9. The van der Waals surface area contributed by atoms with E-state index in [-0.39, 0.29) is 5.95 Å². The van der Waals surface area contributed by atoms with E-state index in [2.05, 4.69) is 30.2 Å². The fourth-order valence-electron chi connectivity index (χ4n) is 3.35. The van der Waals surface area contributed by atoms with Gasteiger partial charge in [0.05, 0.1) is 5.75 Å². The van der Waals surface area contributed by atoms with Gasteiger partial charge < -0.3 is 11.1 Å². The molecule has 28 heavy (non-hydrogen) atoms. The summed E-state index contributed by atoms with van der Waals surface area (Å²) in [5.74, 6) is 1.83. The molecule has 0 spiro atoms. The number of thioether (sulfide) groups is 1. The predicted molar refractivity (Wildman–Crippen MR) is 113 cm³/mol. The van der Waals surface area contributed by atoms with E-state index in [1.54, 1.807) is 29.4 Å². The van der Waals surface area contributed by atoms with Gasteiger partial charge in [0.15, 0.2) is 0 Å². The molecule has 0 aliphatic heterocycles. The zero-order valence-corrected chi connectivity index (χ0v) is 16.6. The molecule has 1 aromatic carbocycles. The van der Waals surface area contributed by atoms with Gasteiger partial charge in [0.2, 0.25) is 11.9 Å². The molecule has 0 unspecified atom stereocenters. The summed E-state index contributed by atoms with van der Waals surface area (Å²) in [5, 5.41) is 5.36. The fraction of sp³-hybridized carbons (Fsp3) is 0.211. The standard InChI is InChI=1S/C19H17N7S2/c20-18-24-14(25-19(26-18)23-11-5-2-1-3-6-11)9-27-16-15-12-7-4-8-13(12)28-17(15)22-10-21-16/h1-3,5-6,10H,4,7-9H2,(H3,20,23,24,25,26). The Kier molecular flexibility index (Phi) is 4.53. The molecule has 0 saturated carbocycles. The summed E-state index contributed by atoms with van der Waals surface area (Å²) in [4.78, 5) is 24.5. The third-order valence-electron chi connectivity index (χ3n) is 4.53. The second-order valence-electron chi connectivity index (χ2n) is 6.43. The lowest BCUT2D eigenvalue weighted by molar-refractivity contribution is 0.915. The van der Waals surface area contributed by atoms with E-state index in [1.165, 1.54) is 22.2 Å². The Morgan fingerprint density at radius 2 is 1.96 bits per heavy atom. The summed E-state index contributed by atoms with van der Waals surface area (Å²) in [7, 11) is 0. The number of fused-ring (bicyclic) bond motifs is 3. The van der Waals surface area contributed by atoms with Crippen LogP contribution >= 0.6 is 23.1 Å². The Morgan fingerprint density at radius 3 is 2.86 bits per heavy atom. The molecule has 0 radical (unpaired) electrons. The minimum Gasteiger partial charge on any atom is -0.368 e. The van der Waals surface area contributed by atoms with Crippen LogP contribution in [0.5, 0.6) is 0 Å². The number of nitrogens with one attached hydrogen (secondary N) is 1. The van der Waals surface area contributed by atoms with Crippen molar-refractivity contribution in [3.8, 4) is 0 Å². The first-order valence-electron chi connectivity index (χ1n) is 8.97. The summed E-state index contributed by atoms with van der Waals surface area (Å²) in [6.45, 7) is 0. The zero-order chi connectivity index (χ0) is 18.9. The largest absolute Gasteiger partial charge is 0.368 e. The van der Waals surface area contributed by atoms with E-state index in [0.29, 0.717) is 17.5 Å². The highest BCUT2D eigenvalue weighted by Gasteiger charge is 2.21. The number of aromatic nitrogens is 5. The minimum absolute atomic E-state index is 0.202. The topological polar surface area (TPSA) is 102 Å². The smallest absolute Gasteiger partial charge is 0.232 e. The van der Waals surface area contributed by atoms with Crippen molar-refractivity contribution in [3.63, 3.8) is 0 Å². The Hall–Kier alpha value is -2.78. The van der Waals surface area contributed by atoms with Crippen molar-refractivity contribution in [2.45, 2.75) is 30.0 Å². The quantitative estimate of drug-likeness (QED) is 0.378. The Morgan fingerprint density at radius 1 is 1.07 bits per heavy atom. The molecule has 0 atom stereocenters. The lowest BCUT2D eigenvalue weighted by Crippen LogP contribution is -2.06. The number of nitrogens with two attached hydrogens (primary N) is 1. The number of nitrogens with zero attached hydrogens (tertiary/aromatic N) is 5. The molecule has 0 bridgehead atoms. The van der Waals surface area contributed by atoms with Crippen LogP contribution in [-0.4, -0.2) is 24.9 Å². The summed E-state index contributed by atoms with van der Waals surface area (Å²) < 4.78 is 0. The molecule has 0 saturated heterocycles. The van der Waals surface area contributed by atoms with Crippen molar-refractivity contribution in [3.05, 3.63) is 52.9 Å². The van der Waals surface area contributed by atoms with Gasteiger partial charge in [0.25, 0.3) is 0 Å². The molecular formula is C19H17N7S2. The number of para-hydroxylation sites is 1. The average molecular weight is 408 g/mol. The minimum atomic E-state index is 0.202. The van der Waals surface area contributed by atoms with E-state index in [4.69, 9.17) is 5.73 Å². The van der Waals surface area contributed by atoms with Gasteiger partial charge in [-0.15, -0.1) is 11.3 Å². The van der Waals surface area contributed by atoms with Crippen molar-refractivity contribution in [1.82, 2.24) is 24.9 Å². The first-order valence-corrected chi connectivity index (χ1v) is 10.8. The van der Waals surface area contributed by atoms with Gasteiger partial charge in [-0.1, -0.05) is 30.0 Å². The Bertz CT molecular complexity index is 1140. The fourth-order valence-corrected chi connectivity index (χ4v) is 5.53. The summed E-state index contributed by atoms with van der Waals surface area (Å²) in [5.41, 5.74) is 8.22. The highest BCUT2D eigenvalue weighted by Crippen LogP contribution is 2.40. The van der Waals surface area contributed by atoms with Crippen molar-refractivity contribution < 1.29 is 0 Å². The number of thiophene rings is 1. The van der Waals surface area contributed by atoms with Crippen LogP contribution in [0.2, 0.25) is 0 Å². The van der Waals surface area contributed by atoms with Crippen LogP contribution in [0.25, 0.3) is 10.2 Å². The molecule has 1 aliphatic carbocycles. The Balaban J connectivity index is 1.39. The Labute approximate surface area is 169 Å². The average Bonchev–Trinajstić information content (AvgIpc) is 3.28. The molecule has 0 amide bonds. The lowest BCUT2D eigenvalue weighted by atomic mass is 10.2. The lowest BCUT2D eigenvalue weighted by Gasteiger charge is -2.07. The molecule has 1 aliphatic rings. The first kappa shape index (κ1) is 17.3. The molecular weight excluding hydrogens is 390 g/mol. The monoisotopic (exact) mass is 407 g/mol. The maximum Gasteiger partial charge on any atom is 0.232 e. The summed E-state index contributed by atoms with van der Waals surface area (Å²) in [6, 6.07) is 9.75. The highest BCUT2D eigenvalue weighted by molar-refractivity contribution is 7.98. The summed E-state index contributed by atoms with van der Waals surface area (Å²) in [6.07, 6.45) is 5.12. The second kappa shape index (κ2) is 7.33. The van der Waals surface area contributed by atoms with Crippen LogP contribution in [0, 0.1) is 0 Å². The van der Waals surface area contributed by atoms with Crippen molar-refractivity contribution >= 4 is 50.9 Å². The van der Waals surface area contributed by atoms with Gasteiger partial charge >= 0.3 is 0 Å². The van der Waals surface area contributed by atoms with Crippen molar-refractivity contribution in [1.29, 1.82) is 0 Å². The van der Waals surface area contributed by atoms with E-state index in [0.717, 1.165) is 28.4 Å². The molecule has 3 N–H and O–H groups in total. The van der Waals surface area contributed by atoms with Crippen molar-refractivity contribution in [2.75, 3.05) is 11.1 Å². The summed E-state index contributed by atoms with van der Waals surface area (Å²) >= 11 is 3.41. The number of nitrogen functional groups attached to an aromatic ring is 1. The molecule has 7 nitrogen and oxygen atoms in total.